The summed E-state index contributed by atoms with van der Waals surface area (Å²) in [7, 11) is 0. The van der Waals surface area contributed by atoms with E-state index in [0.717, 1.165) is 39.2 Å². The number of benzene rings is 1. The predicted molar refractivity (Wildman–Crippen MR) is 151 cm³/mol. The van der Waals surface area contributed by atoms with Gasteiger partial charge in [0.25, 0.3) is 5.56 Å². The van der Waals surface area contributed by atoms with E-state index in [1.54, 1.807) is 23.6 Å². The zero-order valence-electron chi connectivity index (χ0n) is 21.0. The Morgan fingerprint density at radius 3 is 2.87 bits per heavy atom. The van der Waals surface area contributed by atoms with Crippen molar-refractivity contribution in [2.24, 2.45) is 5.92 Å². The minimum atomic E-state index is -0.295. The topological polar surface area (TPSA) is 97.7 Å². The van der Waals surface area contributed by atoms with E-state index in [9.17, 15) is 4.79 Å². The monoisotopic (exact) mass is 546 g/mol. The summed E-state index contributed by atoms with van der Waals surface area (Å²) in [5.41, 5.74) is 2.94. The molecule has 0 unspecified atom stereocenters. The van der Waals surface area contributed by atoms with Gasteiger partial charge in [0, 0.05) is 36.0 Å². The van der Waals surface area contributed by atoms with Gasteiger partial charge in [-0.25, -0.2) is 9.97 Å². The summed E-state index contributed by atoms with van der Waals surface area (Å²) in [6, 6.07) is 10.8. The van der Waals surface area contributed by atoms with E-state index in [-0.39, 0.29) is 17.7 Å². The molecule has 0 saturated heterocycles. The number of hydrogen-bond donors (Lipinski definition) is 2. The second kappa shape index (κ2) is 10.2. The van der Waals surface area contributed by atoms with Crippen LogP contribution < -0.4 is 15.6 Å². The van der Waals surface area contributed by atoms with Crippen LogP contribution in [0.3, 0.4) is 0 Å². The summed E-state index contributed by atoms with van der Waals surface area (Å²) in [5.74, 6) is 1.25. The number of halogens is 1. The molecule has 38 heavy (non-hydrogen) atoms. The molecule has 1 aromatic carbocycles. The first-order chi connectivity index (χ1) is 18.4. The van der Waals surface area contributed by atoms with E-state index in [1.165, 1.54) is 12.8 Å². The standard InChI is InChI=1S/C28H27ClN6O2S/c1-16(33-28-32-13-26(38-28)24-12-30-15-35(24)14-18-6-7-18)20-9-19-10-21(29)25(11-23(19)34-27(20)36)37-17(2)22-5-3-4-8-31-22/h3-5,8-13,15-18H,6-7,14H2,1-2H3,(H,32,33)(H,34,36)/t16-,17+/m0/s1. The Kier molecular flexibility index (Phi) is 6.63. The molecular weight excluding hydrogens is 520 g/mol. The molecule has 5 aromatic rings. The fraction of sp³-hybridized carbons (Fsp3) is 0.286. The number of aromatic amines is 1. The number of imidazole rings is 1. The highest BCUT2D eigenvalue weighted by molar-refractivity contribution is 7.18. The molecule has 194 valence electrons. The van der Waals surface area contributed by atoms with Crippen LogP contribution in [0.1, 0.15) is 50.1 Å². The van der Waals surface area contributed by atoms with Crippen molar-refractivity contribution in [1.29, 1.82) is 0 Å². The number of fused-ring (bicyclic) bond motifs is 1. The van der Waals surface area contributed by atoms with Crippen molar-refractivity contribution in [2.45, 2.75) is 45.4 Å². The number of H-pyrrole nitrogens is 1. The van der Waals surface area contributed by atoms with Gasteiger partial charge < -0.3 is 19.6 Å². The molecule has 0 radical (unpaired) electrons. The van der Waals surface area contributed by atoms with Crippen molar-refractivity contribution in [3.05, 3.63) is 87.9 Å². The Balaban J connectivity index is 1.20. The molecule has 6 rings (SSSR count). The second-order valence-corrected chi connectivity index (χ2v) is 11.1. The van der Waals surface area contributed by atoms with Gasteiger partial charge in [0.1, 0.15) is 11.9 Å². The number of anilines is 1. The minimum absolute atomic E-state index is 0.178. The molecule has 2 atom stereocenters. The molecule has 10 heteroatoms. The zero-order chi connectivity index (χ0) is 26.2. The van der Waals surface area contributed by atoms with Crippen LogP contribution in [0.4, 0.5) is 5.13 Å². The summed E-state index contributed by atoms with van der Waals surface area (Å²) < 4.78 is 8.26. The maximum atomic E-state index is 13.0. The summed E-state index contributed by atoms with van der Waals surface area (Å²) >= 11 is 8.12. The maximum Gasteiger partial charge on any atom is 0.253 e. The SMILES string of the molecule is C[C@H](Nc1ncc(-c2cncn2CC2CC2)s1)c1cc2cc(Cl)c(O[C@H](C)c3ccccn3)cc2[nH]c1=O. The third kappa shape index (κ3) is 5.16. The van der Waals surface area contributed by atoms with E-state index in [4.69, 9.17) is 16.3 Å². The summed E-state index contributed by atoms with van der Waals surface area (Å²) in [4.78, 5) is 30.3. The van der Waals surface area contributed by atoms with E-state index < -0.39 is 0 Å². The van der Waals surface area contributed by atoms with Gasteiger partial charge in [-0.05, 0) is 56.9 Å². The molecule has 1 aliphatic rings. The van der Waals surface area contributed by atoms with Gasteiger partial charge >= 0.3 is 0 Å². The van der Waals surface area contributed by atoms with E-state index in [2.05, 4.69) is 29.8 Å². The van der Waals surface area contributed by atoms with E-state index in [0.29, 0.717) is 21.9 Å². The number of nitrogens with one attached hydrogen (secondary N) is 2. The molecule has 2 N–H and O–H groups in total. The third-order valence-corrected chi connectivity index (χ3v) is 8.01. The quantitative estimate of drug-likeness (QED) is 0.215. The van der Waals surface area contributed by atoms with E-state index in [1.807, 2.05) is 62.9 Å². The Morgan fingerprint density at radius 2 is 2.08 bits per heavy atom. The molecule has 0 amide bonds. The molecular formula is C28H27ClN6O2S. The van der Waals surface area contributed by atoms with Crippen molar-refractivity contribution >= 4 is 39.0 Å². The Labute approximate surface area is 228 Å². The Bertz CT molecular complexity index is 1640. The average Bonchev–Trinajstić information content (AvgIpc) is 3.40. The molecule has 0 spiro atoms. The van der Waals surface area contributed by atoms with Crippen LogP contribution in [-0.2, 0) is 6.54 Å². The number of rotatable bonds is 9. The predicted octanol–water partition coefficient (Wildman–Crippen LogP) is 6.62. The lowest BCUT2D eigenvalue weighted by atomic mass is 10.1. The highest BCUT2D eigenvalue weighted by Crippen LogP contribution is 2.36. The fourth-order valence-electron chi connectivity index (χ4n) is 4.48. The van der Waals surface area contributed by atoms with Crippen LogP contribution in [0, 0.1) is 5.92 Å². The lowest BCUT2D eigenvalue weighted by molar-refractivity contribution is 0.222. The van der Waals surface area contributed by atoms with Crippen molar-refractivity contribution < 1.29 is 4.74 Å². The smallest absolute Gasteiger partial charge is 0.253 e. The minimum Gasteiger partial charge on any atom is -0.483 e. The normalized spacial score (nSPS) is 14.9. The van der Waals surface area contributed by atoms with Gasteiger partial charge in [-0.15, -0.1) is 0 Å². The molecule has 0 aliphatic heterocycles. The first-order valence-corrected chi connectivity index (χ1v) is 13.8. The number of nitrogens with zero attached hydrogens (tertiary/aromatic N) is 4. The molecule has 1 saturated carbocycles. The molecule has 4 aromatic heterocycles. The number of thiazole rings is 1. The Hall–Kier alpha value is -3.69. The second-order valence-electron chi connectivity index (χ2n) is 9.71. The van der Waals surface area contributed by atoms with Crippen molar-refractivity contribution in [3.8, 4) is 16.3 Å². The van der Waals surface area contributed by atoms with Crippen molar-refractivity contribution in [2.75, 3.05) is 5.32 Å². The lowest BCUT2D eigenvalue weighted by Gasteiger charge is -2.17. The molecule has 0 bridgehead atoms. The summed E-state index contributed by atoms with van der Waals surface area (Å²) in [5, 5.41) is 5.41. The van der Waals surface area contributed by atoms with Crippen LogP contribution >= 0.6 is 22.9 Å². The lowest BCUT2D eigenvalue weighted by Crippen LogP contribution is -2.19. The van der Waals surface area contributed by atoms with Gasteiger partial charge in [-0.3, -0.25) is 9.78 Å². The maximum absolute atomic E-state index is 13.0. The third-order valence-electron chi connectivity index (χ3n) is 6.76. The number of aromatic nitrogens is 5. The van der Waals surface area contributed by atoms with Crippen LogP contribution in [0.2, 0.25) is 5.02 Å². The average molecular weight is 547 g/mol. The van der Waals surface area contributed by atoms with Crippen LogP contribution in [0.5, 0.6) is 5.75 Å². The largest absolute Gasteiger partial charge is 0.483 e. The first kappa shape index (κ1) is 24.6. The zero-order valence-corrected chi connectivity index (χ0v) is 22.6. The van der Waals surface area contributed by atoms with Crippen molar-refractivity contribution in [1.82, 2.24) is 24.5 Å². The van der Waals surface area contributed by atoms with E-state index >= 15 is 0 Å². The van der Waals surface area contributed by atoms with Crippen molar-refractivity contribution in [3.63, 3.8) is 0 Å². The molecule has 4 heterocycles. The van der Waals surface area contributed by atoms with Gasteiger partial charge in [0.05, 0.1) is 45.4 Å². The summed E-state index contributed by atoms with van der Waals surface area (Å²) in [6.45, 7) is 4.85. The number of hydrogen-bond acceptors (Lipinski definition) is 7. The number of pyridine rings is 2. The Morgan fingerprint density at radius 1 is 1.21 bits per heavy atom. The molecule has 8 nitrogen and oxygen atoms in total. The first-order valence-electron chi connectivity index (χ1n) is 12.6. The van der Waals surface area contributed by atoms with Crippen LogP contribution in [0.15, 0.2) is 66.1 Å². The van der Waals surface area contributed by atoms with Crippen LogP contribution in [-0.4, -0.2) is 24.5 Å². The molecule has 1 aliphatic carbocycles. The highest BCUT2D eigenvalue weighted by atomic mass is 35.5. The van der Waals surface area contributed by atoms with Gasteiger partial charge in [0.15, 0.2) is 5.13 Å². The number of ether oxygens (including phenoxy) is 1. The van der Waals surface area contributed by atoms with Gasteiger partial charge in [-0.1, -0.05) is 29.0 Å². The van der Waals surface area contributed by atoms with Gasteiger partial charge in [-0.2, -0.15) is 0 Å². The van der Waals surface area contributed by atoms with Gasteiger partial charge in [0.2, 0.25) is 0 Å². The highest BCUT2D eigenvalue weighted by Gasteiger charge is 2.23. The molecule has 1 fully saturated rings. The summed E-state index contributed by atoms with van der Waals surface area (Å²) in [6.07, 6.45) is 9.63. The van der Waals surface area contributed by atoms with Crippen LogP contribution in [0.25, 0.3) is 21.5 Å². The fourth-order valence-corrected chi connectivity index (χ4v) is 5.62.